The van der Waals surface area contributed by atoms with E-state index in [4.69, 9.17) is 4.74 Å². The molecule has 2 rings (SSSR count). The van der Waals surface area contributed by atoms with Crippen molar-refractivity contribution in [2.75, 3.05) is 13.2 Å². The number of halogens is 1. The van der Waals surface area contributed by atoms with Crippen LogP contribution >= 0.6 is 15.9 Å². The summed E-state index contributed by atoms with van der Waals surface area (Å²) in [6.45, 7) is 3.08. The molecule has 1 aliphatic rings. The predicted molar refractivity (Wildman–Crippen MR) is 77.7 cm³/mol. The van der Waals surface area contributed by atoms with Gasteiger partial charge >= 0.3 is 0 Å². The van der Waals surface area contributed by atoms with Gasteiger partial charge in [-0.15, -0.1) is 0 Å². The molecule has 1 fully saturated rings. The van der Waals surface area contributed by atoms with E-state index in [0.717, 1.165) is 35.9 Å². The Labute approximate surface area is 122 Å². The molecule has 1 unspecified atom stereocenters. The molecule has 0 aromatic heterocycles. The minimum atomic E-state index is -3.42. The van der Waals surface area contributed by atoms with Crippen molar-refractivity contribution in [3.8, 4) is 0 Å². The van der Waals surface area contributed by atoms with E-state index < -0.39 is 10.0 Å². The van der Waals surface area contributed by atoms with E-state index in [1.807, 2.05) is 6.92 Å². The Balaban J connectivity index is 1.95. The number of benzene rings is 1. The zero-order valence-corrected chi connectivity index (χ0v) is 13.3. The molecule has 0 bridgehead atoms. The van der Waals surface area contributed by atoms with Crippen LogP contribution in [0.2, 0.25) is 0 Å². The smallest absolute Gasteiger partial charge is 0.240 e. The van der Waals surface area contributed by atoms with Gasteiger partial charge in [0.15, 0.2) is 0 Å². The van der Waals surface area contributed by atoms with Crippen LogP contribution in [0.5, 0.6) is 0 Å². The van der Waals surface area contributed by atoms with Crippen LogP contribution in [0.1, 0.15) is 24.8 Å². The lowest BCUT2D eigenvalue weighted by Crippen LogP contribution is -2.27. The third kappa shape index (κ3) is 4.02. The molecule has 1 atom stereocenters. The van der Waals surface area contributed by atoms with Crippen LogP contribution in [0.25, 0.3) is 0 Å². The van der Waals surface area contributed by atoms with E-state index in [1.54, 1.807) is 18.2 Å². The van der Waals surface area contributed by atoms with E-state index in [2.05, 4.69) is 20.7 Å². The van der Waals surface area contributed by atoms with Crippen molar-refractivity contribution in [1.82, 2.24) is 4.72 Å². The lowest BCUT2D eigenvalue weighted by Gasteiger charge is -2.11. The normalized spacial score (nSPS) is 19.8. The van der Waals surface area contributed by atoms with Crippen LogP contribution in [-0.4, -0.2) is 27.7 Å². The van der Waals surface area contributed by atoms with Crippen molar-refractivity contribution in [2.45, 2.75) is 37.2 Å². The highest BCUT2D eigenvalue weighted by molar-refractivity contribution is 9.10. The number of rotatable bonds is 5. The van der Waals surface area contributed by atoms with E-state index in [1.165, 1.54) is 0 Å². The van der Waals surface area contributed by atoms with Crippen molar-refractivity contribution < 1.29 is 13.2 Å². The van der Waals surface area contributed by atoms with Crippen LogP contribution < -0.4 is 4.72 Å². The van der Waals surface area contributed by atoms with Crippen LogP contribution in [0.15, 0.2) is 27.6 Å². The standard InChI is InChI=1S/C13H18BrNO3S/c1-10-9-12(4-5-13(10)14)19(16,17)15-7-6-11-3-2-8-18-11/h4-5,9,11,15H,2-3,6-8H2,1H3. The fourth-order valence-electron chi connectivity index (χ4n) is 2.09. The fraction of sp³-hybridized carbons (Fsp3) is 0.538. The maximum Gasteiger partial charge on any atom is 0.240 e. The van der Waals surface area contributed by atoms with Gasteiger partial charge in [-0.05, 0) is 49.9 Å². The Morgan fingerprint density at radius 3 is 2.89 bits per heavy atom. The van der Waals surface area contributed by atoms with Crippen LogP contribution in [-0.2, 0) is 14.8 Å². The Bertz CT molecular complexity index is 539. The van der Waals surface area contributed by atoms with Gasteiger partial charge in [0.25, 0.3) is 0 Å². The number of hydrogen-bond donors (Lipinski definition) is 1. The summed E-state index contributed by atoms with van der Waals surface area (Å²) < 4.78 is 33.2. The third-order valence-electron chi connectivity index (χ3n) is 3.22. The summed E-state index contributed by atoms with van der Waals surface area (Å²) >= 11 is 3.36. The number of nitrogens with one attached hydrogen (secondary N) is 1. The van der Waals surface area contributed by atoms with Gasteiger partial charge in [0.2, 0.25) is 10.0 Å². The molecule has 19 heavy (non-hydrogen) atoms. The Kier molecular flexibility index (Phi) is 5.00. The maximum atomic E-state index is 12.1. The SMILES string of the molecule is Cc1cc(S(=O)(=O)NCCC2CCCO2)ccc1Br. The molecule has 0 radical (unpaired) electrons. The topological polar surface area (TPSA) is 55.4 Å². The zero-order valence-electron chi connectivity index (χ0n) is 10.9. The molecule has 1 aromatic rings. The van der Waals surface area contributed by atoms with Crippen molar-refractivity contribution in [3.63, 3.8) is 0 Å². The highest BCUT2D eigenvalue weighted by Crippen LogP contribution is 2.20. The molecule has 4 nitrogen and oxygen atoms in total. The minimum absolute atomic E-state index is 0.203. The van der Waals surface area contributed by atoms with Gasteiger partial charge in [0, 0.05) is 17.6 Å². The molecule has 106 valence electrons. The minimum Gasteiger partial charge on any atom is -0.378 e. The van der Waals surface area contributed by atoms with Crippen molar-refractivity contribution in [2.24, 2.45) is 0 Å². The first-order chi connectivity index (χ1) is 8.99. The molecule has 1 N–H and O–H groups in total. The van der Waals surface area contributed by atoms with E-state index in [9.17, 15) is 8.42 Å². The summed E-state index contributed by atoms with van der Waals surface area (Å²) in [5, 5.41) is 0. The molecule has 1 saturated heterocycles. The molecular weight excluding hydrogens is 330 g/mol. The summed E-state index contributed by atoms with van der Waals surface area (Å²) in [5.41, 5.74) is 0.905. The van der Waals surface area contributed by atoms with E-state index in [0.29, 0.717) is 11.4 Å². The zero-order chi connectivity index (χ0) is 13.9. The summed E-state index contributed by atoms with van der Waals surface area (Å²) in [7, 11) is -3.42. The second-order valence-corrected chi connectivity index (χ2v) is 7.35. The molecule has 1 aliphatic heterocycles. The molecule has 0 aliphatic carbocycles. The molecule has 0 amide bonds. The summed E-state index contributed by atoms with van der Waals surface area (Å²) in [5.74, 6) is 0. The number of ether oxygens (including phenoxy) is 1. The molecule has 6 heteroatoms. The highest BCUT2D eigenvalue weighted by Gasteiger charge is 2.18. The van der Waals surface area contributed by atoms with Gasteiger partial charge in [-0.25, -0.2) is 13.1 Å². The molecule has 0 spiro atoms. The van der Waals surface area contributed by atoms with Gasteiger partial charge in [0.1, 0.15) is 0 Å². The largest absolute Gasteiger partial charge is 0.378 e. The van der Waals surface area contributed by atoms with Crippen molar-refractivity contribution in [1.29, 1.82) is 0 Å². The number of hydrogen-bond acceptors (Lipinski definition) is 3. The molecule has 1 heterocycles. The van der Waals surface area contributed by atoms with Crippen LogP contribution in [0.3, 0.4) is 0 Å². The first kappa shape index (κ1) is 15.0. The second kappa shape index (κ2) is 6.35. The Hall–Kier alpha value is -0.430. The highest BCUT2D eigenvalue weighted by atomic mass is 79.9. The molecule has 1 aromatic carbocycles. The number of sulfonamides is 1. The van der Waals surface area contributed by atoms with Gasteiger partial charge in [-0.3, -0.25) is 0 Å². The van der Waals surface area contributed by atoms with E-state index >= 15 is 0 Å². The Morgan fingerprint density at radius 1 is 1.47 bits per heavy atom. The number of aryl methyl sites for hydroxylation is 1. The van der Waals surface area contributed by atoms with Crippen LogP contribution in [0, 0.1) is 6.92 Å². The maximum absolute atomic E-state index is 12.1. The van der Waals surface area contributed by atoms with Crippen molar-refractivity contribution in [3.05, 3.63) is 28.2 Å². The average Bonchev–Trinajstić information content (AvgIpc) is 2.85. The summed E-state index contributed by atoms with van der Waals surface area (Å²) in [4.78, 5) is 0.306. The first-order valence-electron chi connectivity index (χ1n) is 6.36. The average molecular weight is 348 g/mol. The van der Waals surface area contributed by atoms with Gasteiger partial charge in [-0.2, -0.15) is 0 Å². The van der Waals surface area contributed by atoms with E-state index in [-0.39, 0.29) is 6.10 Å². The lowest BCUT2D eigenvalue weighted by molar-refractivity contribution is 0.105. The summed E-state index contributed by atoms with van der Waals surface area (Å²) in [6.07, 6.45) is 3.03. The second-order valence-electron chi connectivity index (χ2n) is 4.73. The Morgan fingerprint density at radius 2 is 2.26 bits per heavy atom. The monoisotopic (exact) mass is 347 g/mol. The van der Waals surface area contributed by atoms with Crippen LogP contribution in [0.4, 0.5) is 0 Å². The molecule has 0 saturated carbocycles. The quantitative estimate of drug-likeness (QED) is 0.890. The first-order valence-corrected chi connectivity index (χ1v) is 8.64. The predicted octanol–water partition coefficient (Wildman–Crippen LogP) is 2.60. The summed E-state index contributed by atoms with van der Waals surface area (Å²) in [6, 6.07) is 5.02. The van der Waals surface area contributed by atoms with Gasteiger partial charge < -0.3 is 4.74 Å². The van der Waals surface area contributed by atoms with Crippen molar-refractivity contribution >= 4 is 26.0 Å². The lowest BCUT2D eigenvalue weighted by atomic mass is 10.2. The third-order valence-corrected chi connectivity index (χ3v) is 5.57. The molecular formula is C13H18BrNO3S. The van der Waals surface area contributed by atoms with Gasteiger partial charge in [-0.1, -0.05) is 15.9 Å². The van der Waals surface area contributed by atoms with Gasteiger partial charge in [0.05, 0.1) is 11.0 Å². The fourth-order valence-corrected chi connectivity index (χ4v) is 3.47.